The zero-order chi connectivity index (χ0) is 28.3. The van der Waals surface area contributed by atoms with E-state index in [0.29, 0.717) is 73.2 Å². The first-order valence-electron chi connectivity index (χ1n) is 13.0. The number of benzene rings is 1. The number of ether oxygens (including phenoxy) is 2. The number of morpholine rings is 1. The Kier molecular flexibility index (Phi) is 8.14. The number of rotatable bonds is 6. The molecule has 1 aromatic carbocycles. The van der Waals surface area contributed by atoms with E-state index < -0.39 is 11.6 Å². The molecule has 1 atom stereocenters. The summed E-state index contributed by atoms with van der Waals surface area (Å²) in [6.45, 7) is 12.2. The summed E-state index contributed by atoms with van der Waals surface area (Å²) in [5.41, 5.74) is 7.56. The average molecular weight is 538 g/mol. The van der Waals surface area contributed by atoms with Gasteiger partial charge in [-0.15, -0.1) is 0 Å². The van der Waals surface area contributed by atoms with E-state index in [0.717, 1.165) is 0 Å². The number of urea groups is 1. The fourth-order valence-corrected chi connectivity index (χ4v) is 4.65. The molecule has 12 heteroatoms. The van der Waals surface area contributed by atoms with Gasteiger partial charge in [0.25, 0.3) is 5.91 Å². The number of aromatic nitrogens is 2. The van der Waals surface area contributed by atoms with Crippen LogP contribution in [0, 0.1) is 6.92 Å². The largest absolute Gasteiger partial charge is 0.469 e. The number of hydrogen-bond donors (Lipinski definition) is 2. The quantitative estimate of drug-likeness (QED) is 0.322. The highest BCUT2D eigenvalue weighted by atomic mass is 16.5. The third kappa shape index (κ3) is 6.17. The van der Waals surface area contributed by atoms with E-state index in [9.17, 15) is 14.4 Å². The van der Waals surface area contributed by atoms with Gasteiger partial charge in [0.1, 0.15) is 23.3 Å². The van der Waals surface area contributed by atoms with Crippen molar-refractivity contribution < 1.29 is 23.9 Å². The Morgan fingerprint density at radius 3 is 2.77 bits per heavy atom. The van der Waals surface area contributed by atoms with E-state index in [1.807, 2.05) is 40.7 Å². The van der Waals surface area contributed by atoms with Gasteiger partial charge in [-0.3, -0.25) is 4.79 Å². The normalized spacial score (nSPS) is 19.2. The van der Waals surface area contributed by atoms with Crippen LogP contribution in [0.3, 0.4) is 0 Å². The number of amides is 3. The van der Waals surface area contributed by atoms with Crippen LogP contribution in [0.15, 0.2) is 23.2 Å². The molecular weight excluding hydrogens is 502 g/mol. The first-order valence-corrected chi connectivity index (χ1v) is 13.0. The summed E-state index contributed by atoms with van der Waals surface area (Å²) in [5.74, 6) is 0.426. The van der Waals surface area contributed by atoms with Gasteiger partial charge in [0.2, 0.25) is 11.8 Å². The molecule has 3 amide bonds. The number of hydrogen-bond acceptors (Lipinski definition) is 8. The maximum atomic E-state index is 13.8. The molecule has 1 unspecified atom stereocenters. The number of fused-ring (bicyclic) bond motifs is 1. The maximum Gasteiger partial charge on any atom is 0.347 e. The van der Waals surface area contributed by atoms with Crippen molar-refractivity contribution in [1.82, 2.24) is 14.9 Å². The summed E-state index contributed by atoms with van der Waals surface area (Å²) in [6.07, 6.45) is 0.449. The first-order chi connectivity index (χ1) is 18.5. The number of aryl methyl sites for hydroxylation is 1. The standard InChI is InChI=1S/C27H35N7O5/c1-6-33-15-27(4,5)39-23-21(24(33)36)22(31-25(32-23)34-10-12-38-14-17(34)3)18-7-8-19(16(2)13-18)29-26(37)30-20(28)9-11-35/h7-8,11,13,17H,6,9-10,12,14-15H2,1-5H3,(H3,28,29,30,37). The lowest BCUT2D eigenvalue weighted by Crippen LogP contribution is -2.44. The number of anilines is 2. The molecule has 0 saturated carbocycles. The minimum Gasteiger partial charge on any atom is -0.469 e. The van der Waals surface area contributed by atoms with Gasteiger partial charge in [0.05, 0.1) is 37.9 Å². The first kappa shape index (κ1) is 28.0. The van der Waals surface area contributed by atoms with E-state index in [1.165, 1.54) is 0 Å². The van der Waals surface area contributed by atoms with Crippen LogP contribution < -0.4 is 20.7 Å². The second kappa shape index (κ2) is 11.4. The molecule has 3 heterocycles. The molecule has 2 aromatic rings. The van der Waals surface area contributed by atoms with Crippen molar-refractivity contribution in [3.05, 3.63) is 29.3 Å². The van der Waals surface area contributed by atoms with Crippen LogP contribution >= 0.6 is 0 Å². The average Bonchev–Trinajstić information content (AvgIpc) is 2.97. The van der Waals surface area contributed by atoms with Crippen molar-refractivity contribution in [2.24, 2.45) is 10.7 Å². The summed E-state index contributed by atoms with van der Waals surface area (Å²) < 4.78 is 12.0. The molecule has 1 saturated heterocycles. The number of carbonyl (C=O) groups excluding carboxylic acids is 3. The molecular formula is C27H35N7O5. The highest BCUT2D eigenvalue weighted by Gasteiger charge is 2.38. The van der Waals surface area contributed by atoms with E-state index >= 15 is 0 Å². The van der Waals surface area contributed by atoms with Crippen LogP contribution in [0.5, 0.6) is 5.88 Å². The monoisotopic (exact) mass is 537 g/mol. The molecule has 39 heavy (non-hydrogen) atoms. The number of amidine groups is 1. The van der Waals surface area contributed by atoms with Crippen LogP contribution in [-0.4, -0.2) is 83.4 Å². The molecule has 4 rings (SSSR count). The summed E-state index contributed by atoms with van der Waals surface area (Å²) in [7, 11) is 0. The van der Waals surface area contributed by atoms with Gasteiger partial charge in [-0.05, 0) is 52.3 Å². The van der Waals surface area contributed by atoms with Gasteiger partial charge in [-0.25, -0.2) is 9.78 Å². The van der Waals surface area contributed by atoms with Crippen LogP contribution in [0.2, 0.25) is 0 Å². The van der Waals surface area contributed by atoms with Gasteiger partial charge in [-0.2, -0.15) is 9.98 Å². The lowest BCUT2D eigenvalue weighted by Gasteiger charge is -2.34. The van der Waals surface area contributed by atoms with Gasteiger partial charge in [-0.1, -0.05) is 6.07 Å². The Labute approximate surface area is 227 Å². The van der Waals surface area contributed by atoms with Crippen molar-refractivity contribution in [3.8, 4) is 17.1 Å². The Balaban J connectivity index is 1.81. The van der Waals surface area contributed by atoms with Gasteiger partial charge < -0.3 is 35.1 Å². The van der Waals surface area contributed by atoms with Crippen LogP contribution in [0.1, 0.15) is 50.0 Å². The van der Waals surface area contributed by atoms with Crippen molar-refractivity contribution in [2.75, 3.05) is 43.1 Å². The number of likely N-dealkylation sites (N-methyl/N-ethyl adjacent to an activating group) is 1. The summed E-state index contributed by atoms with van der Waals surface area (Å²) >= 11 is 0. The van der Waals surface area contributed by atoms with E-state index in [-0.39, 0.29) is 30.1 Å². The molecule has 0 aliphatic carbocycles. The highest BCUT2D eigenvalue weighted by molar-refractivity contribution is 6.04. The molecule has 3 N–H and O–H groups in total. The predicted octanol–water partition coefficient (Wildman–Crippen LogP) is 2.79. The van der Waals surface area contributed by atoms with E-state index in [4.69, 9.17) is 25.2 Å². The molecule has 0 radical (unpaired) electrons. The van der Waals surface area contributed by atoms with Gasteiger partial charge in [0.15, 0.2) is 0 Å². The Hall–Kier alpha value is -4.06. The zero-order valence-electron chi connectivity index (χ0n) is 23.0. The zero-order valence-corrected chi connectivity index (χ0v) is 23.0. The third-order valence-corrected chi connectivity index (χ3v) is 6.60. The van der Waals surface area contributed by atoms with Crippen LogP contribution in [0.25, 0.3) is 11.3 Å². The molecule has 1 fully saturated rings. The summed E-state index contributed by atoms with van der Waals surface area (Å²) in [4.78, 5) is 53.8. The van der Waals surface area contributed by atoms with Crippen molar-refractivity contribution >= 4 is 35.7 Å². The molecule has 12 nitrogen and oxygen atoms in total. The SMILES string of the molecule is CCN1CC(C)(C)Oc2nc(N3CCOCC3C)nc(-c3ccc(NC(=O)N=C(N)CC=O)c(C)c3)c2C1=O. The molecule has 1 aromatic heterocycles. The van der Waals surface area contributed by atoms with Gasteiger partial charge in [0, 0.05) is 24.3 Å². The smallest absolute Gasteiger partial charge is 0.347 e. The minimum absolute atomic E-state index is 0.0396. The fourth-order valence-electron chi connectivity index (χ4n) is 4.65. The molecule has 0 spiro atoms. The lowest BCUT2D eigenvalue weighted by molar-refractivity contribution is -0.106. The predicted molar refractivity (Wildman–Crippen MR) is 147 cm³/mol. The number of aliphatic imine (C=N–C) groups is 1. The number of aldehydes is 1. The topological polar surface area (TPSA) is 152 Å². The van der Waals surface area contributed by atoms with E-state index in [1.54, 1.807) is 17.0 Å². The Morgan fingerprint density at radius 1 is 1.33 bits per heavy atom. The minimum atomic E-state index is -0.686. The number of carbonyl (C=O) groups is 3. The summed E-state index contributed by atoms with van der Waals surface area (Å²) in [6, 6.07) is 4.67. The Bertz CT molecular complexity index is 1310. The maximum absolute atomic E-state index is 13.8. The molecule has 208 valence electrons. The lowest BCUT2D eigenvalue weighted by atomic mass is 10.0. The molecule has 2 aliphatic heterocycles. The van der Waals surface area contributed by atoms with Crippen molar-refractivity contribution in [2.45, 2.75) is 52.7 Å². The van der Waals surface area contributed by atoms with Gasteiger partial charge >= 0.3 is 6.03 Å². The second-order valence-corrected chi connectivity index (χ2v) is 10.3. The highest BCUT2D eigenvalue weighted by Crippen LogP contribution is 2.37. The molecule has 0 bridgehead atoms. The van der Waals surface area contributed by atoms with E-state index in [2.05, 4.69) is 15.2 Å². The number of nitrogens with zero attached hydrogens (tertiary/aromatic N) is 5. The Morgan fingerprint density at radius 2 is 2.10 bits per heavy atom. The summed E-state index contributed by atoms with van der Waals surface area (Å²) in [5, 5.41) is 2.68. The number of nitrogens with two attached hydrogens (primary N) is 1. The molecule has 2 aliphatic rings. The van der Waals surface area contributed by atoms with Crippen molar-refractivity contribution in [3.63, 3.8) is 0 Å². The van der Waals surface area contributed by atoms with Crippen LogP contribution in [0.4, 0.5) is 16.4 Å². The second-order valence-electron chi connectivity index (χ2n) is 10.3. The van der Waals surface area contributed by atoms with Crippen LogP contribution in [-0.2, 0) is 9.53 Å². The van der Waals surface area contributed by atoms with Crippen molar-refractivity contribution in [1.29, 1.82) is 0 Å². The fraction of sp³-hybridized carbons (Fsp3) is 0.481. The number of nitrogens with one attached hydrogen (secondary N) is 1. The third-order valence-electron chi connectivity index (χ3n) is 6.60.